The number of nitrogens with zero attached hydrogens (tertiary/aromatic N) is 1. The number of hydrogen-bond acceptors (Lipinski definition) is 1. The van der Waals surface area contributed by atoms with Gasteiger partial charge in [-0.1, -0.05) is 12.8 Å². The first-order chi connectivity index (χ1) is 6.35. The van der Waals surface area contributed by atoms with Crippen molar-refractivity contribution < 1.29 is 5.11 Å². The van der Waals surface area contributed by atoms with Gasteiger partial charge in [0.15, 0.2) is 0 Å². The fourth-order valence-corrected chi connectivity index (χ4v) is 2.35. The average molecular weight is 179 g/mol. The Bertz CT molecular complexity index is 247. The maximum absolute atomic E-state index is 9.40. The summed E-state index contributed by atoms with van der Waals surface area (Å²) in [5.41, 5.74) is 0.180. The van der Waals surface area contributed by atoms with E-state index >= 15 is 0 Å². The van der Waals surface area contributed by atoms with Gasteiger partial charge in [0, 0.05) is 24.4 Å². The maximum Gasteiger partial charge on any atom is 0.0504 e. The van der Waals surface area contributed by atoms with Crippen molar-refractivity contribution in [3.05, 3.63) is 24.5 Å². The SMILES string of the molecule is OCC1(Cn2cccc2)CCCC1. The lowest BCUT2D eigenvalue weighted by atomic mass is 9.87. The molecule has 0 amide bonds. The largest absolute Gasteiger partial charge is 0.396 e. The van der Waals surface area contributed by atoms with Gasteiger partial charge in [-0.25, -0.2) is 0 Å². The Hall–Kier alpha value is -0.760. The summed E-state index contributed by atoms with van der Waals surface area (Å²) in [4.78, 5) is 0. The van der Waals surface area contributed by atoms with Crippen molar-refractivity contribution in [3.8, 4) is 0 Å². The molecule has 1 saturated carbocycles. The predicted molar refractivity (Wildman–Crippen MR) is 52.4 cm³/mol. The molecular weight excluding hydrogens is 162 g/mol. The van der Waals surface area contributed by atoms with Gasteiger partial charge in [-0.2, -0.15) is 0 Å². The third-order valence-electron chi connectivity index (χ3n) is 3.18. The minimum atomic E-state index is 0.180. The maximum atomic E-state index is 9.40. The Morgan fingerprint density at radius 3 is 2.31 bits per heavy atom. The molecule has 0 radical (unpaired) electrons. The van der Waals surface area contributed by atoms with Crippen LogP contribution >= 0.6 is 0 Å². The highest BCUT2D eigenvalue weighted by Gasteiger charge is 2.33. The van der Waals surface area contributed by atoms with Crippen LogP contribution in [0.15, 0.2) is 24.5 Å². The van der Waals surface area contributed by atoms with E-state index in [0.717, 1.165) is 6.54 Å². The first-order valence-corrected chi connectivity index (χ1v) is 5.06. The summed E-state index contributed by atoms with van der Waals surface area (Å²) in [7, 11) is 0. The van der Waals surface area contributed by atoms with E-state index in [1.807, 2.05) is 12.1 Å². The summed E-state index contributed by atoms with van der Waals surface area (Å²) in [6.45, 7) is 1.32. The quantitative estimate of drug-likeness (QED) is 0.754. The smallest absolute Gasteiger partial charge is 0.0504 e. The molecule has 0 unspecified atom stereocenters. The molecule has 2 nitrogen and oxygen atoms in total. The molecule has 1 aliphatic carbocycles. The topological polar surface area (TPSA) is 25.2 Å². The van der Waals surface area contributed by atoms with E-state index in [2.05, 4.69) is 17.0 Å². The van der Waals surface area contributed by atoms with E-state index in [0.29, 0.717) is 6.61 Å². The molecule has 1 aromatic heterocycles. The van der Waals surface area contributed by atoms with Crippen molar-refractivity contribution >= 4 is 0 Å². The van der Waals surface area contributed by atoms with Crippen LogP contribution in [0.3, 0.4) is 0 Å². The second-order valence-electron chi connectivity index (χ2n) is 4.22. The van der Waals surface area contributed by atoms with Crippen LogP contribution in [0.25, 0.3) is 0 Å². The molecule has 0 atom stereocenters. The standard InChI is InChI=1S/C11H17NO/c13-10-11(5-1-2-6-11)9-12-7-3-4-8-12/h3-4,7-8,13H,1-2,5-6,9-10H2. The summed E-state index contributed by atoms with van der Waals surface area (Å²) in [5, 5.41) is 9.40. The minimum absolute atomic E-state index is 0.180. The van der Waals surface area contributed by atoms with E-state index < -0.39 is 0 Å². The molecule has 0 saturated heterocycles. The minimum Gasteiger partial charge on any atom is -0.396 e. The highest BCUT2D eigenvalue weighted by molar-refractivity contribution is 4.94. The van der Waals surface area contributed by atoms with E-state index in [9.17, 15) is 5.11 Å². The molecule has 1 N–H and O–H groups in total. The molecule has 72 valence electrons. The van der Waals surface area contributed by atoms with Crippen molar-refractivity contribution in [2.75, 3.05) is 6.61 Å². The number of aromatic nitrogens is 1. The van der Waals surface area contributed by atoms with Gasteiger partial charge in [0.05, 0.1) is 6.61 Å². The van der Waals surface area contributed by atoms with E-state index in [1.165, 1.54) is 25.7 Å². The average Bonchev–Trinajstić information content (AvgIpc) is 2.77. The van der Waals surface area contributed by atoms with Gasteiger partial charge in [-0.15, -0.1) is 0 Å². The lowest BCUT2D eigenvalue weighted by Gasteiger charge is -2.26. The molecule has 1 aliphatic rings. The van der Waals surface area contributed by atoms with Crippen LogP contribution in [0.1, 0.15) is 25.7 Å². The number of rotatable bonds is 3. The van der Waals surface area contributed by atoms with Gasteiger partial charge in [-0.05, 0) is 25.0 Å². The van der Waals surface area contributed by atoms with Crippen molar-refractivity contribution in [2.24, 2.45) is 5.41 Å². The van der Waals surface area contributed by atoms with Crippen molar-refractivity contribution in [3.63, 3.8) is 0 Å². The highest BCUT2D eigenvalue weighted by Crippen LogP contribution is 2.38. The molecule has 0 aromatic carbocycles. The zero-order chi connectivity index (χ0) is 9.15. The summed E-state index contributed by atoms with van der Waals surface area (Å²) in [6.07, 6.45) is 9.08. The highest BCUT2D eigenvalue weighted by atomic mass is 16.3. The number of aliphatic hydroxyl groups is 1. The molecule has 2 rings (SSSR count). The van der Waals surface area contributed by atoms with Crippen LogP contribution in [-0.4, -0.2) is 16.3 Å². The Morgan fingerprint density at radius 2 is 1.77 bits per heavy atom. The lowest BCUT2D eigenvalue weighted by Crippen LogP contribution is -2.27. The van der Waals surface area contributed by atoms with Crippen molar-refractivity contribution in [2.45, 2.75) is 32.2 Å². The Balaban J connectivity index is 2.06. The summed E-state index contributed by atoms with van der Waals surface area (Å²) in [6, 6.07) is 4.08. The van der Waals surface area contributed by atoms with Crippen molar-refractivity contribution in [1.82, 2.24) is 4.57 Å². The van der Waals surface area contributed by atoms with Gasteiger partial charge in [0.2, 0.25) is 0 Å². The van der Waals surface area contributed by atoms with Gasteiger partial charge >= 0.3 is 0 Å². The fraction of sp³-hybridized carbons (Fsp3) is 0.636. The monoisotopic (exact) mass is 179 g/mol. The summed E-state index contributed by atoms with van der Waals surface area (Å²) < 4.78 is 2.18. The molecule has 1 aromatic rings. The van der Waals surface area contributed by atoms with Gasteiger partial charge in [0.1, 0.15) is 0 Å². The first kappa shape index (κ1) is 8.82. The lowest BCUT2D eigenvalue weighted by molar-refractivity contribution is 0.111. The molecular formula is C11H17NO. The Labute approximate surface area is 79.2 Å². The van der Waals surface area contributed by atoms with E-state index in [1.54, 1.807) is 0 Å². The van der Waals surface area contributed by atoms with Crippen LogP contribution in [0, 0.1) is 5.41 Å². The fourth-order valence-electron chi connectivity index (χ4n) is 2.35. The molecule has 0 aliphatic heterocycles. The summed E-state index contributed by atoms with van der Waals surface area (Å²) >= 11 is 0. The third kappa shape index (κ3) is 1.78. The number of aliphatic hydroxyl groups excluding tert-OH is 1. The second kappa shape index (κ2) is 3.54. The van der Waals surface area contributed by atoms with Crippen molar-refractivity contribution in [1.29, 1.82) is 0 Å². The zero-order valence-corrected chi connectivity index (χ0v) is 7.95. The van der Waals surface area contributed by atoms with E-state index in [4.69, 9.17) is 0 Å². The van der Waals surface area contributed by atoms with Crippen LogP contribution in [0.4, 0.5) is 0 Å². The van der Waals surface area contributed by atoms with Crippen LogP contribution < -0.4 is 0 Å². The molecule has 13 heavy (non-hydrogen) atoms. The molecule has 0 spiro atoms. The third-order valence-corrected chi connectivity index (χ3v) is 3.18. The first-order valence-electron chi connectivity index (χ1n) is 5.06. The van der Waals surface area contributed by atoms with E-state index in [-0.39, 0.29) is 5.41 Å². The normalized spacial score (nSPS) is 20.7. The van der Waals surface area contributed by atoms with Gasteiger partial charge < -0.3 is 9.67 Å². The Kier molecular flexibility index (Phi) is 2.40. The molecule has 1 heterocycles. The van der Waals surface area contributed by atoms with Gasteiger partial charge in [0.25, 0.3) is 0 Å². The molecule has 2 heteroatoms. The van der Waals surface area contributed by atoms with Crippen LogP contribution in [0.2, 0.25) is 0 Å². The molecule has 0 bridgehead atoms. The predicted octanol–water partition coefficient (Wildman–Crippen LogP) is 2.04. The number of hydrogen-bond donors (Lipinski definition) is 1. The van der Waals surface area contributed by atoms with Crippen LogP contribution in [-0.2, 0) is 6.54 Å². The second-order valence-corrected chi connectivity index (χ2v) is 4.22. The van der Waals surface area contributed by atoms with Crippen LogP contribution in [0.5, 0.6) is 0 Å². The van der Waals surface area contributed by atoms with Gasteiger partial charge in [-0.3, -0.25) is 0 Å². The zero-order valence-electron chi connectivity index (χ0n) is 7.95. The molecule has 1 fully saturated rings. The summed E-state index contributed by atoms with van der Waals surface area (Å²) in [5.74, 6) is 0. The Morgan fingerprint density at radius 1 is 1.15 bits per heavy atom.